The minimum absolute atomic E-state index is 0.131. The number of benzene rings is 2. The zero-order chi connectivity index (χ0) is 19.9. The maximum atomic E-state index is 9.69. The lowest BCUT2D eigenvalue weighted by Gasteiger charge is -2.16. The van der Waals surface area contributed by atoms with Crippen LogP contribution < -0.4 is 4.74 Å². The highest BCUT2D eigenvalue weighted by molar-refractivity contribution is 6.18. The Morgan fingerprint density at radius 2 is 1.50 bits per heavy atom. The van der Waals surface area contributed by atoms with E-state index in [9.17, 15) is 10.2 Å². The number of ether oxygens (including phenoxy) is 1. The average molecular weight is 396 g/mol. The molecule has 144 valence electrons. The Hall–Kier alpha value is -2.98. The molecule has 0 bridgehead atoms. The largest absolute Gasteiger partial charge is 0.508 e. The van der Waals surface area contributed by atoms with Gasteiger partial charge in [0.2, 0.25) is 0 Å². The molecule has 0 radical (unpaired) electrons. The Balaban J connectivity index is 2.13. The fourth-order valence-electron chi connectivity index (χ4n) is 3.07. The molecule has 0 amide bonds. The lowest BCUT2D eigenvalue weighted by molar-refractivity contribution is 0.343. The normalized spacial score (nSPS) is 11.8. The number of halogens is 1. The van der Waals surface area contributed by atoms with Crippen LogP contribution >= 0.6 is 11.6 Å². The summed E-state index contributed by atoms with van der Waals surface area (Å²) in [4.78, 5) is 4.40. The van der Waals surface area contributed by atoms with Crippen molar-refractivity contribution in [2.45, 2.75) is 13.3 Å². The van der Waals surface area contributed by atoms with Crippen LogP contribution in [0.5, 0.6) is 17.2 Å². The second kappa shape index (κ2) is 9.29. The highest BCUT2D eigenvalue weighted by Gasteiger charge is 2.14. The van der Waals surface area contributed by atoms with Crippen molar-refractivity contribution in [3.8, 4) is 17.2 Å². The highest BCUT2D eigenvalue weighted by atomic mass is 35.5. The first-order chi connectivity index (χ1) is 13.6. The van der Waals surface area contributed by atoms with Crippen LogP contribution in [-0.4, -0.2) is 27.7 Å². The summed E-state index contributed by atoms with van der Waals surface area (Å²) in [5.74, 6) is 1.54. The lowest BCUT2D eigenvalue weighted by atomic mass is 9.90. The Bertz CT molecular complexity index is 933. The minimum atomic E-state index is 0.131. The minimum Gasteiger partial charge on any atom is -0.508 e. The Kier molecular flexibility index (Phi) is 6.56. The van der Waals surface area contributed by atoms with E-state index in [4.69, 9.17) is 16.3 Å². The van der Waals surface area contributed by atoms with Crippen molar-refractivity contribution < 1.29 is 14.9 Å². The third-order valence-electron chi connectivity index (χ3n) is 4.36. The van der Waals surface area contributed by atoms with Crippen LogP contribution in [0.2, 0.25) is 0 Å². The molecule has 0 aliphatic heterocycles. The maximum Gasteiger partial charge on any atom is 0.133 e. The molecule has 0 atom stereocenters. The highest BCUT2D eigenvalue weighted by Crippen LogP contribution is 2.35. The number of nitrogens with zero attached hydrogens (tertiary/aromatic N) is 1. The van der Waals surface area contributed by atoms with Crippen molar-refractivity contribution in [1.82, 2.24) is 4.98 Å². The first-order valence-corrected chi connectivity index (χ1v) is 9.63. The number of phenolic OH excluding ortho intramolecular Hbond substituents is 1. The van der Waals surface area contributed by atoms with Crippen LogP contribution in [-0.2, 0) is 0 Å². The molecule has 0 aliphatic carbocycles. The van der Waals surface area contributed by atoms with Gasteiger partial charge in [-0.05, 0) is 65.1 Å². The summed E-state index contributed by atoms with van der Waals surface area (Å²) in [7, 11) is 0. The number of alkyl halides is 1. The van der Waals surface area contributed by atoms with E-state index < -0.39 is 0 Å². The van der Waals surface area contributed by atoms with E-state index >= 15 is 0 Å². The molecular weight excluding hydrogens is 374 g/mol. The predicted molar refractivity (Wildman–Crippen MR) is 113 cm³/mol. The Labute approximate surface area is 169 Å². The van der Waals surface area contributed by atoms with Crippen molar-refractivity contribution in [3.05, 3.63) is 83.7 Å². The third-order valence-corrected chi connectivity index (χ3v) is 4.51. The number of rotatable bonds is 7. The summed E-state index contributed by atoms with van der Waals surface area (Å²) in [5, 5.41) is 19.3. The Morgan fingerprint density at radius 1 is 0.893 bits per heavy atom. The quantitative estimate of drug-likeness (QED) is 0.520. The van der Waals surface area contributed by atoms with E-state index in [-0.39, 0.29) is 11.5 Å². The summed E-state index contributed by atoms with van der Waals surface area (Å²) in [5.41, 5.74) is 4.84. The van der Waals surface area contributed by atoms with E-state index in [0.29, 0.717) is 12.5 Å². The second-order valence-corrected chi connectivity index (χ2v) is 6.60. The SMILES string of the molecule is CCC(=C(c1ccc(O)cc1)c1ccc(OCCCl)cc1)c1ccc(O)cn1. The molecule has 3 aromatic rings. The van der Waals surface area contributed by atoms with Gasteiger partial charge in [-0.1, -0.05) is 31.2 Å². The zero-order valence-corrected chi connectivity index (χ0v) is 16.4. The first-order valence-electron chi connectivity index (χ1n) is 9.09. The molecule has 28 heavy (non-hydrogen) atoms. The number of phenols is 1. The maximum absolute atomic E-state index is 9.69. The van der Waals surface area contributed by atoms with Gasteiger partial charge in [-0.25, -0.2) is 0 Å². The first kappa shape index (κ1) is 19.8. The van der Waals surface area contributed by atoms with Crippen molar-refractivity contribution in [2.75, 3.05) is 12.5 Å². The van der Waals surface area contributed by atoms with Crippen LogP contribution in [0.1, 0.15) is 30.2 Å². The standard InChI is InChI=1S/C23H22ClNO3/c1-2-21(22-12-9-19(27)15-25-22)23(16-3-7-18(26)8-4-16)17-5-10-20(11-6-17)28-14-13-24/h3-12,15,26-27H,2,13-14H2,1H3. The molecule has 0 aliphatic rings. The summed E-state index contributed by atoms with van der Waals surface area (Å²) < 4.78 is 5.57. The second-order valence-electron chi connectivity index (χ2n) is 6.22. The van der Waals surface area contributed by atoms with E-state index in [1.807, 2.05) is 42.5 Å². The molecule has 1 heterocycles. The molecule has 0 fully saturated rings. The molecule has 0 saturated heterocycles. The summed E-state index contributed by atoms with van der Waals surface area (Å²) in [6.07, 6.45) is 2.20. The molecule has 0 unspecified atom stereocenters. The molecule has 3 rings (SSSR count). The lowest BCUT2D eigenvalue weighted by Crippen LogP contribution is -1.99. The fraction of sp³-hybridized carbons (Fsp3) is 0.174. The van der Waals surface area contributed by atoms with Crippen LogP contribution in [0, 0.1) is 0 Å². The zero-order valence-electron chi connectivity index (χ0n) is 15.6. The molecule has 0 saturated carbocycles. The molecule has 0 spiro atoms. The van der Waals surface area contributed by atoms with Gasteiger partial charge in [0.15, 0.2) is 0 Å². The summed E-state index contributed by atoms with van der Waals surface area (Å²) >= 11 is 5.69. The van der Waals surface area contributed by atoms with Gasteiger partial charge < -0.3 is 14.9 Å². The average Bonchev–Trinajstić information content (AvgIpc) is 2.73. The van der Waals surface area contributed by atoms with Crippen molar-refractivity contribution in [2.24, 2.45) is 0 Å². The summed E-state index contributed by atoms with van der Waals surface area (Å²) in [6.45, 7) is 2.53. The molecule has 1 aromatic heterocycles. The van der Waals surface area contributed by atoms with Crippen LogP contribution in [0.4, 0.5) is 0 Å². The smallest absolute Gasteiger partial charge is 0.133 e. The monoisotopic (exact) mass is 395 g/mol. The van der Waals surface area contributed by atoms with E-state index in [1.54, 1.807) is 18.2 Å². The predicted octanol–water partition coefficient (Wildman–Crippen LogP) is 5.48. The molecule has 5 heteroatoms. The van der Waals surface area contributed by atoms with Gasteiger partial charge in [0.05, 0.1) is 17.8 Å². The number of hydrogen-bond acceptors (Lipinski definition) is 4. The third kappa shape index (κ3) is 4.65. The van der Waals surface area contributed by atoms with Crippen molar-refractivity contribution in [3.63, 3.8) is 0 Å². The van der Waals surface area contributed by atoms with Gasteiger partial charge in [-0.2, -0.15) is 0 Å². The number of pyridine rings is 1. The topological polar surface area (TPSA) is 62.6 Å². The van der Waals surface area contributed by atoms with Gasteiger partial charge in [-0.3, -0.25) is 4.98 Å². The Morgan fingerprint density at radius 3 is 2.04 bits per heavy atom. The number of allylic oxidation sites excluding steroid dienone is 1. The van der Waals surface area contributed by atoms with Gasteiger partial charge in [0.25, 0.3) is 0 Å². The summed E-state index contributed by atoms with van der Waals surface area (Å²) in [6, 6.07) is 18.4. The van der Waals surface area contributed by atoms with Gasteiger partial charge in [0.1, 0.15) is 23.9 Å². The molecule has 4 nitrogen and oxygen atoms in total. The van der Waals surface area contributed by atoms with E-state index in [2.05, 4.69) is 11.9 Å². The fourth-order valence-corrected chi connectivity index (χ4v) is 3.15. The van der Waals surface area contributed by atoms with Crippen LogP contribution in [0.3, 0.4) is 0 Å². The molecule has 2 N–H and O–H groups in total. The number of aromatic nitrogens is 1. The van der Waals surface area contributed by atoms with E-state index in [1.165, 1.54) is 6.20 Å². The van der Waals surface area contributed by atoms with Crippen LogP contribution in [0.15, 0.2) is 66.9 Å². The van der Waals surface area contributed by atoms with Gasteiger partial charge in [-0.15, -0.1) is 11.6 Å². The van der Waals surface area contributed by atoms with Crippen molar-refractivity contribution >= 4 is 22.7 Å². The van der Waals surface area contributed by atoms with Crippen LogP contribution in [0.25, 0.3) is 11.1 Å². The molecular formula is C23H22ClNO3. The van der Waals surface area contributed by atoms with Gasteiger partial charge >= 0.3 is 0 Å². The molecule has 2 aromatic carbocycles. The van der Waals surface area contributed by atoms with Crippen molar-refractivity contribution in [1.29, 1.82) is 0 Å². The number of aromatic hydroxyl groups is 2. The van der Waals surface area contributed by atoms with E-state index in [0.717, 1.165) is 40.1 Å². The van der Waals surface area contributed by atoms with Gasteiger partial charge in [0, 0.05) is 0 Å². The number of hydrogen-bond donors (Lipinski definition) is 2.